The predicted molar refractivity (Wildman–Crippen MR) is 83.2 cm³/mol. The Labute approximate surface area is 138 Å². The topological polar surface area (TPSA) is 109 Å². The summed E-state index contributed by atoms with van der Waals surface area (Å²) in [7, 11) is 0. The number of hydrogen-bond acceptors (Lipinski definition) is 5. The molecular formula is C15H19N7O2. The van der Waals surface area contributed by atoms with Crippen LogP contribution in [0.5, 0.6) is 0 Å². The Morgan fingerprint density at radius 3 is 2.83 bits per heavy atom. The number of tetrazole rings is 1. The molecule has 0 aromatic carbocycles. The lowest BCUT2D eigenvalue weighted by Crippen LogP contribution is -2.28. The lowest BCUT2D eigenvalue weighted by Gasteiger charge is -2.13. The standard InChI is InChI=1S/C15H19N7O2/c23-14(17-9-13-18-19-20-22(13)11-3-4-11)10-7-12(16-8-10)15(24)21-5-1-2-6-21/h7-8,11,16H,1-6,9H2,(H,17,23). The van der Waals surface area contributed by atoms with E-state index in [2.05, 4.69) is 25.8 Å². The van der Waals surface area contributed by atoms with E-state index in [0.717, 1.165) is 38.8 Å². The molecule has 24 heavy (non-hydrogen) atoms. The molecule has 1 saturated carbocycles. The maximum atomic E-state index is 12.3. The molecule has 2 N–H and O–H groups in total. The van der Waals surface area contributed by atoms with Crippen LogP contribution >= 0.6 is 0 Å². The number of carbonyl (C=O) groups excluding carboxylic acids is 2. The monoisotopic (exact) mass is 329 g/mol. The van der Waals surface area contributed by atoms with Crippen molar-refractivity contribution in [3.05, 3.63) is 29.3 Å². The summed E-state index contributed by atoms with van der Waals surface area (Å²) >= 11 is 0. The van der Waals surface area contributed by atoms with Gasteiger partial charge in [-0.15, -0.1) is 5.10 Å². The molecular weight excluding hydrogens is 310 g/mol. The first-order valence-corrected chi connectivity index (χ1v) is 8.25. The SMILES string of the molecule is O=C(NCc1nnnn1C1CC1)c1c[nH]c(C(=O)N2CCCC2)c1. The fraction of sp³-hybridized carbons (Fsp3) is 0.533. The van der Waals surface area contributed by atoms with Crippen molar-refractivity contribution in [3.8, 4) is 0 Å². The quantitative estimate of drug-likeness (QED) is 0.830. The molecule has 4 rings (SSSR count). The summed E-state index contributed by atoms with van der Waals surface area (Å²) in [6.07, 6.45) is 5.78. The smallest absolute Gasteiger partial charge is 0.270 e. The normalized spacial score (nSPS) is 17.2. The van der Waals surface area contributed by atoms with Gasteiger partial charge >= 0.3 is 0 Å². The number of H-pyrrole nitrogens is 1. The third-order valence-corrected chi connectivity index (χ3v) is 4.43. The van der Waals surface area contributed by atoms with E-state index in [1.807, 2.05) is 0 Å². The third kappa shape index (κ3) is 2.89. The molecule has 0 radical (unpaired) electrons. The summed E-state index contributed by atoms with van der Waals surface area (Å²) in [5.74, 6) is 0.344. The molecule has 0 unspecified atom stereocenters. The molecule has 9 nitrogen and oxygen atoms in total. The molecule has 2 fully saturated rings. The van der Waals surface area contributed by atoms with Crippen LogP contribution in [0, 0.1) is 0 Å². The van der Waals surface area contributed by atoms with Gasteiger partial charge in [-0.2, -0.15) is 0 Å². The number of nitrogens with zero attached hydrogens (tertiary/aromatic N) is 5. The molecule has 9 heteroatoms. The molecule has 1 aliphatic heterocycles. The molecule has 2 aromatic heterocycles. The van der Waals surface area contributed by atoms with Gasteiger partial charge in [0.15, 0.2) is 5.82 Å². The Bertz CT molecular complexity index is 755. The highest BCUT2D eigenvalue weighted by Gasteiger charge is 2.28. The lowest BCUT2D eigenvalue weighted by atomic mass is 10.2. The van der Waals surface area contributed by atoms with Crippen LogP contribution < -0.4 is 5.32 Å². The average molecular weight is 329 g/mol. The van der Waals surface area contributed by atoms with Crippen LogP contribution in [0.1, 0.15) is 58.4 Å². The van der Waals surface area contributed by atoms with E-state index in [0.29, 0.717) is 23.1 Å². The summed E-state index contributed by atoms with van der Waals surface area (Å²) in [5, 5.41) is 14.4. The van der Waals surface area contributed by atoms with Crippen LogP contribution in [0.4, 0.5) is 0 Å². The first-order chi connectivity index (χ1) is 11.7. The Kier molecular flexibility index (Phi) is 3.75. The average Bonchev–Trinajstić information content (AvgIpc) is 3.07. The molecule has 2 amide bonds. The van der Waals surface area contributed by atoms with Crippen LogP contribution in [0.2, 0.25) is 0 Å². The summed E-state index contributed by atoms with van der Waals surface area (Å²) in [4.78, 5) is 29.2. The second-order valence-electron chi connectivity index (χ2n) is 6.25. The van der Waals surface area contributed by atoms with Gasteiger partial charge in [0.25, 0.3) is 11.8 Å². The highest BCUT2D eigenvalue weighted by atomic mass is 16.2. The van der Waals surface area contributed by atoms with Crippen molar-refractivity contribution >= 4 is 11.8 Å². The third-order valence-electron chi connectivity index (χ3n) is 4.43. The van der Waals surface area contributed by atoms with Gasteiger partial charge in [-0.3, -0.25) is 9.59 Å². The van der Waals surface area contributed by atoms with Gasteiger partial charge < -0.3 is 15.2 Å². The molecule has 2 aliphatic rings. The maximum absolute atomic E-state index is 12.3. The van der Waals surface area contributed by atoms with Gasteiger partial charge in [-0.1, -0.05) is 0 Å². The van der Waals surface area contributed by atoms with E-state index in [4.69, 9.17) is 0 Å². The van der Waals surface area contributed by atoms with Crippen LogP contribution in [0.25, 0.3) is 0 Å². The second-order valence-corrected chi connectivity index (χ2v) is 6.25. The van der Waals surface area contributed by atoms with E-state index in [1.165, 1.54) is 0 Å². The van der Waals surface area contributed by atoms with Crippen LogP contribution in [-0.4, -0.2) is 55.0 Å². The molecule has 0 atom stereocenters. The zero-order valence-electron chi connectivity index (χ0n) is 13.2. The zero-order valence-corrected chi connectivity index (χ0v) is 13.2. The molecule has 0 spiro atoms. The number of nitrogens with one attached hydrogen (secondary N) is 2. The summed E-state index contributed by atoms with van der Waals surface area (Å²) in [6, 6.07) is 1.96. The van der Waals surface area contributed by atoms with Crippen molar-refractivity contribution in [3.63, 3.8) is 0 Å². The van der Waals surface area contributed by atoms with Gasteiger partial charge in [-0.05, 0) is 42.2 Å². The van der Waals surface area contributed by atoms with Crippen molar-refractivity contribution < 1.29 is 9.59 Å². The van der Waals surface area contributed by atoms with Gasteiger partial charge in [0.1, 0.15) is 5.69 Å². The fourth-order valence-corrected chi connectivity index (χ4v) is 2.93. The van der Waals surface area contributed by atoms with Crippen molar-refractivity contribution in [1.82, 2.24) is 35.4 Å². The first-order valence-electron chi connectivity index (χ1n) is 8.25. The van der Waals surface area contributed by atoms with E-state index in [9.17, 15) is 9.59 Å². The molecule has 1 aliphatic carbocycles. The predicted octanol–water partition coefficient (Wildman–Crippen LogP) is 0.502. The fourth-order valence-electron chi connectivity index (χ4n) is 2.93. The number of likely N-dealkylation sites (tertiary alicyclic amines) is 1. The number of rotatable bonds is 5. The minimum atomic E-state index is -0.253. The minimum absolute atomic E-state index is 0.0516. The Morgan fingerprint density at radius 1 is 1.29 bits per heavy atom. The maximum Gasteiger partial charge on any atom is 0.270 e. The van der Waals surface area contributed by atoms with E-state index >= 15 is 0 Å². The van der Waals surface area contributed by atoms with Crippen LogP contribution in [-0.2, 0) is 6.54 Å². The van der Waals surface area contributed by atoms with Gasteiger partial charge in [0, 0.05) is 19.3 Å². The molecule has 126 valence electrons. The largest absolute Gasteiger partial charge is 0.356 e. The lowest BCUT2D eigenvalue weighted by molar-refractivity contribution is 0.0787. The molecule has 1 saturated heterocycles. The van der Waals surface area contributed by atoms with Crippen LogP contribution in [0.3, 0.4) is 0 Å². The number of aromatic nitrogens is 5. The van der Waals surface area contributed by atoms with Crippen molar-refractivity contribution in [2.24, 2.45) is 0 Å². The van der Waals surface area contributed by atoms with Crippen molar-refractivity contribution in [2.45, 2.75) is 38.3 Å². The highest BCUT2D eigenvalue weighted by molar-refractivity contribution is 5.99. The van der Waals surface area contributed by atoms with E-state index in [-0.39, 0.29) is 18.4 Å². The van der Waals surface area contributed by atoms with Gasteiger partial charge in [0.2, 0.25) is 0 Å². The first kappa shape index (κ1) is 14.9. The minimum Gasteiger partial charge on any atom is -0.356 e. The molecule has 2 aromatic rings. The van der Waals surface area contributed by atoms with E-state index < -0.39 is 0 Å². The zero-order chi connectivity index (χ0) is 16.5. The molecule has 0 bridgehead atoms. The summed E-state index contributed by atoms with van der Waals surface area (Å²) < 4.78 is 1.76. The number of carbonyl (C=O) groups is 2. The Morgan fingerprint density at radius 2 is 2.08 bits per heavy atom. The summed E-state index contributed by atoms with van der Waals surface area (Å²) in [6.45, 7) is 1.83. The highest BCUT2D eigenvalue weighted by Crippen LogP contribution is 2.34. The van der Waals surface area contributed by atoms with Gasteiger partial charge in [0.05, 0.1) is 18.2 Å². The van der Waals surface area contributed by atoms with Crippen molar-refractivity contribution in [2.75, 3.05) is 13.1 Å². The van der Waals surface area contributed by atoms with E-state index in [1.54, 1.807) is 21.8 Å². The Balaban J connectivity index is 1.38. The van der Waals surface area contributed by atoms with Crippen LogP contribution in [0.15, 0.2) is 12.3 Å². The number of amides is 2. The number of aromatic amines is 1. The Hall–Kier alpha value is -2.71. The summed E-state index contributed by atoms with van der Waals surface area (Å²) in [5.41, 5.74) is 0.882. The number of hydrogen-bond donors (Lipinski definition) is 2. The molecule has 3 heterocycles. The van der Waals surface area contributed by atoms with Crippen molar-refractivity contribution in [1.29, 1.82) is 0 Å². The van der Waals surface area contributed by atoms with Gasteiger partial charge in [-0.25, -0.2) is 4.68 Å². The second kappa shape index (κ2) is 6.06.